The fourth-order valence-corrected chi connectivity index (χ4v) is 3.00. The van der Waals surface area contributed by atoms with Gasteiger partial charge < -0.3 is 11.1 Å². The zero-order valence-electron chi connectivity index (χ0n) is 12.6. The molecule has 1 fully saturated rings. The molecular formula is C17H26N2O. The first-order valence-electron chi connectivity index (χ1n) is 7.75. The molecule has 20 heavy (non-hydrogen) atoms. The van der Waals surface area contributed by atoms with E-state index in [1.54, 1.807) is 0 Å². The number of carbonyl (C=O) groups is 1. The minimum Gasteiger partial charge on any atom is -0.327 e. The number of carbonyl (C=O) groups excluding carboxylic acids is 1. The van der Waals surface area contributed by atoms with Gasteiger partial charge in [0.25, 0.3) is 0 Å². The highest BCUT2D eigenvalue weighted by molar-refractivity contribution is 5.93. The molecule has 3 heteroatoms. The molecule has 1 aliphatic rings. The van der Waals surface area contributed by atoms with E-state index in [1.165, 1.54) is 12.0 Å². The average Bonchev–Trinajstić information content (AvgIpc) is 2.63. The molecule has 2 atom stereocenters. The Morgan fingerprint density at radius 3 is 2.65 bits per heavy atom. The maximum Gasteiger partial charge on any atom is 0.229 e. The smallest absolute Gasteiger partial charge is 0.229 e. The predicted octanol–water partition coefficient (Wildman–Crippen LogP) is 3.66. The molecule has 2 rings (SSSR count). The normalized spacial score (nSPS) is 23.4. The molecule has 1 saturated carbocycles. The van der Waals surface area contributed by atoms with Crippen molar-refractivity contribution in [3.05, 3.63) is 29.8 Å². The lowest BCUT2D eigenvalue weighted by Crippen LogP contribution is -2.38. The number of benzene rings is 1. The van der Waals surface area contributed by atoms with E-state index in [-0.39, 0.29) is 17.9 Å². The van der Waals surface area contributed by atoms with Crippen molar-refractivity contribution in [1.29, 1.82) is 0 Å². The summed E-state index contributed by atoms with van der Waals surface area (Å²) in [7, 11) is 0. The van der Waals surface area contributed by atoms with Crippen LogP contribution in [0.5, 0.6) is 0 Å². The Kier molecular flexibility index (Phi) is 5.18. The Balaban J connectivity index is 2.11. The van der Waals surface area contributed by atoms with Crippen LogP contribution in [0, 0.1) is 5.92 Å². The Bertz CT molecular complexity index is 456. The first-order chi connectivity index (χ1) is 9.59. The molecule has 1 amide bonds. The van der Waals surface area contributed by atoms with Gasteiger partial charge in [-0.25, -0.2) is 0 Å². The van der Waals surface area contributed by atoms with Gasteiger partial charge >= 0.3 is 0 Å². The lowest BCUT2D eigenvalue weighted by Gasteiger charge is -2.22. The number of rotatable bonds is 3. The van der Waals surface area contributed by atoms with Crippen molar-refractivity contribution in [2.75, 3.05) is 5.32 Å². The van der Waals surface area contributed by atoms with Crippen molar-refractivity contribution in [1.82, 2.24) is 0 Å². The highest BCUT2D eigenvalue weighted by atomic mass is 16.1. The molecule has 1 aliphatic carbocycles. The molecule has 0 spiro atoms. The number of hydrogen-bond donors (Lipinski definition) is 2. The number of para-hydroxylation sites is 1. The maximum absolute atomic E-state index is 12.5. The highest BCUT2D eigenvalue weighted by Gasteiger charge is 2.27. The number of anilines is 1. The largest absolute Gasteiger partial charge is 0.327 e. The summed E-state index contributed by atoms with van der Waals surface area (Å²) in [6, 6.07) is 8.04. The monoisotopic (exact) mass is 274 g/mol. The summed E-state index contributed by atoms with van der Waals surface area (Å²) in [5.74, 6) is 0.444. The van der Waals surface area contributed by atoms with Crippen molar-refractivity contribution < 1.29 is 4.79 Å². The summed E-state index contributed by atoms with van der Waals surface area (Å²) in [6.45, 7) is 4.28. The van der Waals surface area contributed by atoms with Crippen molar-refractivity contribution in [3.8, 4) is 0 Å². The third-order valence-electron chi connectivity index (χ3n) is 4.25. The first kappa shape index (κ1) is 15.0. The lowest BCUT2D eigenvalue weighted by atomic mass is 9.94. The van der Waals surface area contributed by atoms with E-state index in [0.717, 1.165) is 31.4 Å². The van der Waals surface area contributed by atoms with Crippen LogP contribution in [0.15, 0.2) is 24.3 Å². The topological polar surface area (TPSA) is 55.1 Å². The van der Waals surface area contributed by atoms with Crippen LogP contribution in [0.3, 0.4) is 0 Å². The van der Waals surface area contributed by atoms with Gasteiger partial charge in [-0.05, 0) is 30.4 Å². The minimum atomic E-state index is -0.0438. The third kappa shape index (κ3) is 3.60. The molecule has 2 unspecified atom stereocenters. The Morgan fingerprint density at radius 2 is 1.90 bits per heavy atom. The maximum atomic E-state index is 12.5. The zero-order chi connectivity index (χ0) is 14.5. The summed E-state index contributed by atoms with van der Waals surface area (Å²) >= 11 is 0. The molecule has 1 aromatic rings. The number of nitrogens with two attached hydrogens (primary N) is 1. The lowest BCUT2D eigenvalue weighted by molar-refractivity contribution is -0.120. The SMILES string of the molecule is CC(C)c1ccccc1NC(=O)C1CCCCCC1N. The molecule has 0 heterocycles. The van der Waals surface area contributed by atoms with Gasteiger partial charge in [-0.15, -0.1) is 0 Å². The summed E-state index contributed by atoms with van der Waals surface area (Å²) in [6.07, 6.45) is 5.33. The molecule has 0 aliphatic heterocycles. The third-order valence-corrected chi connectivity index (χ3v) is 4.25. The summed E-state index contributed by atoms with van der Waals surface area (Å²) in [4.78, 5) is 12.5. The Hall–Kier alpha value is -1.35. The van der Waals surface area contributed by atoms with Gasteiger partial charge in [0.05, 0.1) is 5.92 Å². The van der Waals surface area contributed by atoms with Crippen molar-refractivity contribution in [2.45, 2.75) is 57.9 Å². The van der Waals surface area contributed by atoms with Crippen LogP contribution in [-0.2, 0) is 4.79 Å². The first-order valence-corrected chi connectivity index (χ1v) is 7.75. The van der Waals surface area contributed by atoms with Crippen LogP contribution in [0.1, 0.15) is 57.4 Å². The van der Waals surface area contributed by atoms with Crippen molar-refractivity contribution in [2.24, 2.45) is 11.7 Å². The Labute approximate surface area is 121 Å². The van der Waals surface area contributed by atoms with Crippen LogP contribution in [-0.4, -0.2) is 11.9 Å². The fraction of sp³-hybridized carbons (Fsp3) is 0.588. The summed E-state index contributed by atoms with van der Waals surface area (Å²) in [5, 5.41) is 3.10. The number of hydrogen-bond acceptors (Lipinski definition) is 2. The van der Waals surface area contributed by atoms with Crippen LogP contribution < -0.4 is 11.1 Å². The molecule has 3 nitrogen and oxygen atoms in total. The number of nitrogens with one attached hydrogen (secondary N) is 1. The zero-order valence-corrected chi connectivity index (χ0v) is 12.6. The van der Waals surface area contributed by atoms with Crippen LogP contribution >= 0.6 is 0 Å². The van der Waals surface area contributed by atoms with Gasteiger partial charge in [0.1, 0.15) is 0 Å². The molecule has 0 saturated heterocycles. The van der Waals surface area contributed by atoms with E-state index < -0.39 is 0 Å². The van der Waals surface area contributed by atoms with E-state index in [9.17, 15) is 4.79 Å². The van der Waals surface area contributed by atoms with E-state index in [1.807, 2.05) is 18.2 Å². The molecule has 3 N–H and O–H groups in total. The Morgan fingerprint density at radius 1 is 1.20 bits per heavy atom. The second-order valence-electron chi connectivity index (χ2n) is 6.14. The average molecular weight is 274 g/mol. The molecule has 1 aromatic carbocycles. The molecule has 0 radical (unpaired) electrons. The van der Waals surface area contributed by atoms with Gasteiger partial charge in [0.15, 0.2) is 0 Å². The highest BCUT2D eigenvalue weighted by Crippen LogP contribution is 2.27. The van der Waals surface area contributed by atoms with E-state index in [2.05, 4.69) is 25.2 Å². The van der Waals surface area contributed by atoms with Gasteiger partial charge in [0, 0.05) is 11.7 Å². The van der Waals surface area contributed by atoms with Crippen molar-refractivity contribution in [3.63, 3.8) is 0 Å². The van der Waals surface area contributed by atoms with Gasteiger partial charge in [-0.1, -0.05) is 51.3 Å². The molecule has 110 valence electrons. The standard InChI is InChI=1S/C17H26N2O/c1-12(2)13-8-6-7-11-16(13)19-17(20)14-9-4-3-5-10-15(14)18/h6-8,11-12,14-15H,3-5,9-10,18H2,1-2H3,(H,19,20). The van der Waals surface area contributed by atoms with E-state index in [0.29, 0.717) is 5.92 Å². The summed E-state index contributed by atoms with van der Waals surface area (Å²) in [5.41, 5.74) is 8.29. The van der Waals surface area contributed by atoms with Crippen molar-refractivity contribution >= 4 is 11.6 Å². The molecule has 0 aromatic heterocycles. The fourth-order valence-electron chi connectivity index (χ4n) is 3.00. The minimum absolute atomic E-state index is 0.00344. The quantitative estimate of drug-likeness (QED) is 0.826. The second-order valence-corrected chi connectivity index (χ2v) is 6.14. The number of amides is 1. The van der Waals surface area contributed by atoms with Gasteiger partial charge in [0.2, 0.25) is 5.91 Å². The van der Waals surface area contributed by atoms with Crippen LogP contribution in [0.2, 0.25) is 0 Å². The van der Waals surface area contributed by atoms with Gasteiger partial charge in [-0.2, -0.15) is 0 Å². The molecule has 0 bridgehead atoms. The summed E-state index contributed by atoms with van der Waals surface area (Å²) < 4.78 is 0. The predicted molar refractivity (Wildman–Crippen MR) is 83.7 cm³/mol. The van der Waals surface area contributed by atoms with Crippen LogP contribution in [0.25, 0.3) is 0 Å². The molecular weight excluding hydrogens is 248 g/mol. The van der Waals surface area contributed by atoms with Gasteiger partial charge in [-0.3, -0.25) is 4.79 Å². The van der Waals surface area contributed by atoms with Crippen LogP contribution in [0.4, 0.5) is 5.69 Å². The van der Waals surface area contributed by atoms with E-state index in [4.69, 9.17) is 5.73 Å². The van der Waals surface area contributed by atoms with E-state index >= 15 is 0 Å². The second kappa shape index (κ2) is 6.89.